The van der Waals surface area contributed by atoms with E-state index in [9.17, 15) is 14.7 Å². The van der Waals surface area contributed by atoms with Crippen LogP contribution in [-0.2, 0) is 11.2 Å². The predicted octanol–water partition coefficient (Wildman–Crippen LogP) is 3.56. The predicted molar refractivity (Wildman–Crippen MR) is 79.3 cm³/mol. The van der Waals surface area contributed by atoms with Crippen LogP contribution < -0.4 is 0 Å². The average Bonchev–Trinajstić information content (AvgIpc) is 2.39. The van der Waals surface area contributed by atoms with Gasteiger partial charge in [-0.3, -0.25) is 9.59 Å². The van der Waals surface area contributed by atoms with Gasteiger partial charge in [-0.1, -0.05) is 23.2 Å². The van der Waals surface area contributed by atoms with E-state index in [1.54, 1.807) is 0 Å². The number of phenols is 1. The number of rotatable bonds is 4. The molecule has 0 amide bonds. The second-order valence-electron chi connectivity index (χ2n) is 4.40. The highest BCUT2D eigenvalue weighted by Gasteiger charge is 2.14. The van der Waals surface area contributed by atoms with Crippen molar-refractivity contribution >= 4 is 35.0 Å². The van der Waals surface area contributed by atoms with Gasteiger partial charge in [0.05, 0.1) is 6.42 Å². The third-order valence-corrected chi connectivity index (χ3v) is 3.24. The van der Waals surface area contributed by atoms with Crippen LogP contribution in [0.25, 0.3) is 0 Å². The van der Waals surface area contributed by atoms with Crippen LogP contribution in [0.15, 0.2) is 36.4 Å². The molecule has 4 nitrogen and oxygen atoms in total. The first-order valence-corrected chi connectivity index (χ1v) is 6.67. The molecule has 2 N–H and O–H groups in total. The topological polar surface area (TPSA) is 74.6 Å². The number of carboxylic acid groups (broad SMARTS) is 1. The third kappa shape index (κ3) is 3.74. The minimum absolute atomic E-state index is 0.168. The number of carboxylic acids is 1. The molecule has 2 aromatic carbocycles. The van der Waals surface area contributed by atoms with E-state index >= 15 is 0 Å². The van der Waals surface area contributed by atoms with Crippen LogP contribution in [0.5, 0.6) is 5.75 Å². The number of benzene rings is 2. The normalized spacial score (nSPS) is 10.4. The summed E-state index contributed by atoms with van der Waals surface area (Å²) < 4.78 is 0. The van der Waals surface area contributed by atoms with Gasteiger partial charge in [0.25, 0.3) is 0 Å². The van der Waals surface area contributed by atoms with E-state index in [-0.39, 0.29) is 29.1 Å². The van der Waals surface area contributed by atoms with Gasteiger partial charge < -0.3 is 10.2 Å². The van der Waals surface area contributed by atoms with Gasteiger partial charge in [0.2, 0.25) is 0 Å². The minimum atomic E-state index is -1.10. The Morgan fingerprint density at radius 1 is 0.952 bits per heavy atom. The lowest BCUT2D eigenvalue weighted by atomic mass is 9.99. The van der Waals surface area contributed by atoms with E-state index in [1.165, 1.54) is 36.4 Å². The molecule has 0 unspecified atom stereocenters. The maximum absolute atomic E-state index is 12.4. The number of ketones is 1. The fourth-order valence-corrected chi connectivity index (χ4v) is 2.41. The Balaban J connectivity index is 2.41. The zero-order valence-corrected chi connectivity index (χ0v) is 12.1. The Hall–Kier alpha value is -2.04. The first kappa shape index (κ1) is 15.4. The molecular formula is C15H10Cl2O4. The highest BCUT2D eigenvalue weighted by molar-refractivity contribution is 6.35. The molecule has 0 saturated carbocycles. The zero-order valence-electron chi connectivity index (χ0n) is 10.6. The zero-order chi connectivity index (χ0) is 15.6. The van der Waals surface area contributed by atoms with Crippen molar-refractivity contribution < 1.29 is 19.8 Å². The summed E-state index contributed by atoms with van der Waals surface area (Å²) in [6.45, 7) is 0. The Morgan fingerprint density at radius 2 is 1.57 bits per heavy atom. The first-order valence-electron chi connectivity index (χ1n) is 5.91. The number of carbonyl (C=O) groups is 2. The smallest absolute Gasteiger partial charge is 0.307 e. The summed E-state index contributed by atoms with van der Waals surface area (Å²) in [4.78, 5) is 23.1. The van der Waals surface area contributed by atoms with Crippen LogP contribution in [-0.4, -0.2) is 22.0 Å². The monoisotopic (exact) mass is 324 g/mol. The van der Waals surface area contributed by atoms with Crippen LogP contribution in [0.4, 0.5) is 0 Å². The summed E-state index contributed by atoms with van der Waals surface area (Å²) in [5.74, 6) is -1.62. The van der Waals surface area contributed by atoms with Crippen molar-refractivity contribution in [2.75, 3.05) is 0 Å². The Kier molecular flexibility index (Phi) is 4.50. The van der Waals surface area contributed by atoms with Gasteiger partial charge in [0.1, 0.15) is 5.75 Å². The summed E-state index contributed by atoms with van der Waals surface area (Å²) in [6.07, 6.45) is -0.372. The maximum Gasteiger partial charge on any atom is 0.307 e. The molecule has 0 aliphatic carbocycles. The number of phenolic OH excluding ortho intramolecular Hbond substituents is 1. The summed E-state index contributed by atoms with van der Waals surface area (Å²) in [5, 5.41) is 19.0. The molecular weight excluding hydrogens is 315 g/mol. The molecule has 108 valence electrons. The quantitative estimate of drug-likeness (QED) is 0.843. The van der Waals surface area contributed by atoms with Crippen molar-refractivity contribution in [2.24, 2.45) is 0 Å². The van der Waals surface area contributed by atoms with Gasteiger partial charge in [-0.15, -0.1) is 0 Å². The highest BCUT2D eigenvalue weighted by atomic mass is 35.5. The number of aromatic hydroxyl groups is 1. The number of carbonyl (C=O) groups excluding carboxylic acids is 1. The largest absolute Gasteiger partial charge is 0.508 e. The first-order chi connectivity index (χ1) is 9.86. The Bertz CT molecular complexity index is 705. The molecule has 0 spiro atoms. The van der Waals surface area contributed by atoms with E-state index in [1.807, 2.05) is 0 Å². The lowest BCUT2D eigenvalue weighted by Gasteiger charge is -2.07. The van der Waals surface area contributed by atoms with Crippen molar-refractivity contribution in [3.8, 4) is 5.75 Å². The van der Waals surface area contributed by atoms with Gasteiger partial charge in [0.15, 0.2) is 5.78 Å². The summed E-state index contributed by atoms with van der Waals surface area (Å²) in [5.41, 5.74) is 0.711. The second-order valence-corrected chi connectivity index (χ2v) is 5.27. The summed E-state index contributed by atoms with van der Waals surface area (Å²) in [6, 6.07) is 8.50. The van der Waals surface area contributed by atoms with Gasteiger partial charge in [-0.05, 0) is 36.4 Å². The maximum atomic E-state index is 12.4. The number of halogens is 2. The van der Waals surface area contributed by atoms with Crippen molar-refractivity contribution in [3.05, 3.63) is 63.1 Å². The molecule has 2 rings (SSSR count). The molecule has 0 radical (unpaired) electrons. The molecule has 0 atom stereocenters. The molecule has 6 heteroatoms. The summed E-state index contributed by atoms with van der Waals surface area (Å²) >= 11 is 11.7. The van der Waals surface area contributed by atoms with Crippen LogP contribution >= 0.6 is 23.2 Å². The molecule has 2 aromatic rings. The standard InChI is InChI=1S/C15H10Cl2O4/c16-11-4-10(5-12(17)7-11)15(21)8-1-2-13(18)9(3-8)6-14(19)20/h1-5,7,18H,6H2,(H,19,20). The van der Waals surface area contributed by atoms with E-state index in [0.717, 1.165) is 0 Å². The minimum Gasteiger partial charge on any atom is -0.508 e. The SMILES string of the molecule is O=C(O)Cc1cc(C(=O)c2cc(Cl)cc(Cl)c2)ccc1O. The third-order valence-electron chi connectivity index (χ3n) is 2.81. The van der Waals surface area contributed by atoms with Crippen LogP contribution in [0.3, 0.4) is 0 Å². The van der Waals surface area contributed by atoms with Gasteiger partial charge >= 0.3 is 5.97 Å². The fraction of sp³-hybridized carbons (Fsp3) is 0.0667. The fourth-order valence-electron chi connectivity index (χ4n) is 1.88. The van der Waals surface area contributed by atoms with Gasteiger partial charge in [0, 0.05) is 26.7 Å². The molecule has 0 saturated heterocycles. The second kappa shape index (κ2) is 6.16. The highest BCUT2D eigenvalue weighted by Crippen LogP contribution is 2.24. The average molecular weight is 325 g/mol. The van der Waals surface area contributed by atoms with E-state index in [0.29, 0.717) is 15.6 Å². The Morgan fingerprint density at radius 3 is 2.14 bits per heavy atom. The van der Waals surface area contributed by atoms with Gasteiger partial charge in [-0.2, -0.15) is 0 Å². The number of aliphatic carboxylic acids is 1. The van der Waals surface area contributed by atoms with Crippen LogP contribution in [0, 0.1) is 0 Å². The molecule has 0 heterocycles. The van der Waals surface area contributed by atoms with E-state index < -0.39 is 5.97 Å². The lowest BCUT2D eigenvalue weighted by molar-refractivity contribution is -0.136. The van der Waals surface area contributed by atoms with Crippen molar-refractivity contribution in [1.29, 1.82) is 0 Å². The number of hydrogen-bond donors (Lipinski definition) is 2. The molecule has 0 aliphatic heterocycles. The summed E-state index contributed by atoms with van der Waals surface area (Å²) in [7, 11) is 0. The van der Waals surface area contributed by atoms with Crippen molar-refractivity contribution in [2.45, 2.75) is 6.42 Å². The van der Waals surface area contributed by atoms with Gasteiger partial charge in [-0.25, -0.2) is 0 Å². The van der Waals surface area contributed by atoms with Crippen molar-refractivity contribution in [3.63, 3.8) is 0 Å². The molecule has 0 bridgehead atoms. The van der Waals surface area contributed by atoms with Crippen LogP contribution in [0.2, 0.25) is 10.0 Å². The Labute approximate surface area is 130 Å². The lowest BCUT2D eigenvalue weighted by Crippen LogP contribution is -2.05. The van der Waals surface area contributed by atoms with Crippen molar-refractivity contribution in [1.82, 2.24) is 0 Å². The molecule has 0 aliphatic rings. The van der Waals surface area contributed by atoms with E-state index in [2.05, 4.69) is 0 Å². The number of hydrogen-bond acceptors (Lipinski definition) is 3. The molecule has 0 aromatic heterocycles. The molecule has 21 heavy (non-hydrogen) atoms. The van der Waals surface area contributed by atoms with E-state index in [4.69, 9.17) is 28.3 Å². The van der Waals surface area contributed by atoms with Crippen LogP contribution in [0.1, 0.15) is 21.5 Å². The molecule has 0 fully saturated rings.